The first-order valence-corrected chi connectivity index (χ1v) is 11.4. The summed E-state index contributed by atoms with van der Waals surface area (Å²) >= 11 is 0. The number of nitrogens with one attached hydrogen (secondary N) is 2. The van der Waals surface area contributed by atoms with E-state index < -0.39 is 21.5 Å². The molecular formula is C21H25N3O5S. The average Bonchev–Trinajstić information content (AvgIpc) is 3.15. The Morgan fingerprint density at radius 1 is 1.07 bits per heavy atom. The number of rotatable bonds is 10. The Morgan fingerprint density at radius 3 is 2.53 bits per heavy atom. The van der Waals surface area contributed by atoms with Gasteiger partial charge in [-0.15, -0.1) is 0 Å². The number of nitrogens with zero attached hydrogens (tertiary/aromatic N) is 1. The normalized spacial score (nSPS) is 11.4. The zero-order valence-electron chi connectivity index (χ0n) is 17.0. The van der Waals surface area contributed by atoms with Gasteiger partial charge in [-0.3, -0.25) is 4.79 Å². The van der Waals surface area contributed by atoms with Crippen LogP contribution in [0, 0.1) is 0 Å². The molecule has 1 heterocycles. The van der Waals surface area contributed by atoms with Gasteiger partial charge >= 0.3 is 0 Å². The van der Waals surface area contributed by atoms with Gasteiger partial charge in [0.1, 0.15) is 5.75 Å². The molecule has 0 saturated carbocycles. The van der Waals surface area contributed by atoms with E-state index in [0.717, 1.165) is 5.56 Å². The summed E-state index contributed by atoms with van der Waals surface area (Å²) in [5.74, 6) is 0.0754. The van der Waals surface area contributed by atoms with Gasteiger partial charge < -0.3 is 19.8 Å². The predicted molar refractivity (Wildman–Crippen MR) is 114 cm³/mol. The molecule has 3 rings (SSSR count). The molecule has 0 aliphatic rings. The Labute approximate surface area is 175 Å². The van der Waals surface area contributed by atoms with Crippen molar-refractivity contribution in [3.8, 4) is 11.5 Å². The topological polar surface area (TPSA) is 110 Å². The van der Waals surface area contributed by atoms with Gasteiger partial charge in [-0.25, -0.2) is 13.4 Å². The summed E-state index contributed by atoms with van der Waals surface area (Å²) in [4.78, 5) is 19.0. The number of ether oxygens (including phenoxy) is 2. The number of hydrogen-bond acceptors (Lipinski definition) is 6. The number of aromatic amines is 1. The molecule has 1 amide bonds. The van der Waals surface area contributed by atoms with Crippen molar-refractivity contribution in [2.24, 2.45) is 0 Å². The van der Waals surface area contributed by atoms with Gasteiger partial charge in [0, 0.05) is 6.54 Å². The van der Waals surface area contributed by atoms with Crippen LogP contribution in [0.3, 0.4) is 0 Å². The molecule has 0 saturated heterocycles. The first-order valence-electron chi connectivity index (χ1n) is 9.75. The number of para-hydroxylation sites is 2. The zero-order valence-corrected chi connectivity index (χ0v) is 17.8. The molecule has 1 aromatic heterocycles. The largest absolute Gasteiger partial charge is 0.490 e. The smallest absolute Gasteiger partial charge is 0.235 e. The molecule has 0 spiro atoms. The highest BCUT2D eigenvalue weighted by molar-refractivity contribution is 7.91. The maximum Gasteiger partial charge on any atom is 0.235 e. The Morgan fingerprint density at radius 2 is 1.80 bits per heavy atom. The van der Waals surface area contributed by atoms with Crippen molar-refractivity contribution in [3.63, 3.8) is 0 Å². The molecular weight excluding hydrogens is 406 g/mol. The second-order valence-electron chi connectivity index (χ2n) is 6.57. The van der Waals surface area contributed by atoms with Gasteiger partial charge in [-0.05, 0) is 50.1 Å². The van der Waals surface area contributed by atoms with E-state index in [-0.39, 0.29) is 5.16 Å². The van der Waals surface area contributed by atoms with Crippen molar-refractivity contribution in [3.05, 3.63) is 48.0 Å². The lowest BCUT2D eigenvalue weighted by Gasteiger charge is -2.12. The average molecular weight is 432 g/mol. The lowest BCUT2D eigenvalue weighted by molar-refractivity contribution is -0.118. The van der Waals surface area contributed by atoms with Crippen LogP contribution in [-0.4, -0.2) is 49.8 Å². The summed E-state index contributed by atoms with van der Waals surface area (Å²) in [5.41, 5.74) is 2.09. The molecule has 2 N–H and O–H groups in total. The second-order valence-corrected chi connectivity index (χ2v) is 8.47. The SMILES string of the molecule is CCOc1ccc(CCNC(=O)CS(=O)(=O)c2nc3ccccc3[nH]2)cc1OCC. The first-order chi connectivity index (χ1) is 14.4. The molecule has 3 aromatic rings. The Bertz CT molecular complexity index is 1090. The summed E-state index contributed by atoms with van der Waals surface area (Å²) < 4.78 is 36.1. The number of carbonyl (C=O) groups is 1. The number of carbonyl (C=O) groups excluding carboxylic acids is 1. The third kappa shape index (κ3) is 5.29. The third-order valence-electron chi connectivity index (χ3n) is 4.33. The summed E-state index contributed by atoms with van der Waals surface area (Å²) in [6.45, 7) is 5.15. The van der Waals surface area contributed by atoms with Gasteiger partial charge in [0.25, 0.3) is 0 Å². The molecule has 0 atom stereocenters. The van der Waals surface area contributed by atoms with Gasteiger partial charge in [0.2, 0.25) is 20.9 Å². The minimum atomic E-state index is -3.86. The molecule has 0 unspecified atom stereocenters. The highest BCUT2D eigenvalue weighted by atomic mass is 32.2. The second kappa shape index (κ2) is 9.62. The number of amides is 1. The van der Waals surface area contributed by atoms with Crippen LogP contribution >= 0.6 is 0 Å². The van der Waals surface area contributed by atoms with Crippen LogP contribution in [-0.2, 0) is 21.1 Å². The van der Waals surface area contributed by atoms with E-state index in [2.05, 4.69) is 15.3 Å². The molecule has 0 radical (unpaired) electrons. The number of H-pyrrole nitrogens is 1. The summed E-state index contributed by atoms with van der Waals surface area (Å²) in [5, 5.41) is 2.45. The monoisotopic (exact) mass is 431 g/mol. The van der Waals surface area contributed by atoms with Crippen molar-refractivity contribution >= 4 is 26.8 Å². The minimum absolute atomic E-state index is 0.202. The van der Waals surface area contributed by atoms with Crippen LogP contribution in [0.1, 0.15) is 19.4 Å². The van der Waals surface area contributed by atoms with Crippen molar-refractivity contribution in [2.45, 2.75) is 25.4 Å². The molecule has 0 aliphatic carbocycles. The predicted octanol–water partition coefficient (Wildman–Crippen LogP) is 2.49. The lowest BCUT2D eigenvalue weighted by Crippen LogP contribution is -2.32. The first kappa shape index (κ1) is 21.6. The molecule has 0 aliphatic heterocycles. The fourth-order valence-electron chi connectivity index (χ4n) is 2.97. The van der Waals surface area contributed by atoms with E-state index in [1.165, 1.54) is 0 Å². The zero-order chi connectivity index (χ0) is 21.6. The summed E-state index contributed by atoms with van der Waals surface area (Å²) in [6.07, 6.45) is 0.531. The molecule has 0 bridgehead atoms. The van der Waals surface area contributed by atoms with Crippen molar-refractivity contribution in [1.82, 2.24) is 15.3 Å². The summed E-state index contributed by atoms with van der Waals surface area (Å²) in [7, 11) is -3.86. The Kier molecular flexibility index (Phi) is 6.94. The van der Waals surface area contributed by atoms with E-state index >= 15 is 0 Å². The number of benzene rings is 2. The molecule has 9 heteroatoms. The number of hydrogen-bond donors (Lipinski definition) is 2. The van der Waals surface area contributed by atoms with Crippen LogP contribution in [0.4, 0.5) is 0 Å². The van der Waals surface area contributed by atoms with Gasteiger partial charge in [0.05, 0.1) is 24.2 Å². The lowest BCUT2D eigenvalue weighted by atomic mass is 10.1. The molecule has 2 aromatic carbocycles. The van der Waals surface area contributed by atoms with Crippen molar-refractivity contribution < 1.29 is 22.7 Å². The number of sulfone groups is 1. The maximum absolute atomic E-state index is 12.5. The quantitative estimate of drug-likeness (QED) is 0.510. The van der Waals surface area contributed by atoms with Crippen molar-refractivity contribution in [1.29, 1.82) is 0 Å². The number of imidazole rings is 1. The highest BCUT2D eigenvalue weighted by Gasteiger charge is 2.23. The number of fused-ring (bicyclic) bond motifs is 1. The van der Waals surface area contributed by atoms with Crippen LogP contribution < -0.4 is 14.8 Å². The maximum atomic E-state index is 12.5. The van der Waals surface area contributed by atoms with E-state index in [1.807, 2.05) is 32.0 Å². The fourth-order valence-corrected chi connectivity index (χ4v) is 4.05. The van der Waals surface area contributed by atoms with E-state index in [0.29, 0.717) is 48.7 Å². The summed E-state index contributed by atoms with van der Waals surface area (Å²) in [6, 6.07) is 12.6. The fraction of sp³-hybridized carbons (Fsp3) is 0.333. The van der Waals surface area contributed by atoms with Crippen molar-refractivity contribution in [2.75, 3.05) is 25.5 Å². The van der Waals surface area contributed by atoms with Crippen LogP contribution in [0.25, 0.3) is 11.0 Å². The molecule has 160 valence electrons. The van der Waals surface area contributed by atoms with Crippen LogP contribution in [0.15, 0.2) is 47.6 Å². The highest BCUT2D eigenvalue weighted by Crippen LogP contribution is 2.28. The molecule has 0 fully saturated rings. The minimum Gasteiger partial charge on any atom is -0.490 e. The standard InChI is InChI=1S/C21H25N3O5S/c1-3-28-18-10-9-15(13-19(18)29-4-2)11-12-22-20(25)14-30(26,27)21-23-16-7-5-6-8-17(16)24-21/h5-10,13H,3-4,11-12,14H2,1-2H3,(H,22,25)(H,23,24). The van der Waals surface area contributed by atoms with Crippen LogP contribution in [0.5, 0.6) is 11.5 Å². The van der Waals surface area contributed by atoms with Gasteiger partial charge in [-0.1, -0.05) is 18.2 Å². The third-order valence-corrected chi connectivity index (χ3v) is 5.75. The van der Waals surface area contributed by atoms with E-state index in [4.69, 9.17) is 9.47 Å². The molecule has 8 nitrogen and oxygen atoms in total. The van der Waals surface area contributed by atoms with E-state index in [9.17, 15) is 13.2 Å². The Hall–Kier alpha value is -3.07. The number of aromatic nitrogens is 2. The van der Waals surface area contributed by atoms with Gasteiger partial charge in [-0.2, -0.15) is 0 Å². The van der Waals surface area contributed by atoms with Crippen LogP contribution in [0.2, 0.25) is 0 Å². The van der Waals surface area contributed by atoms with E-state index in [1.54, 1.807) is 24.3 Å². The molecule has 30 heavy (non-hydrogen) atoms. The Balaban J connectivity index is 1.57. The van der Waals surface area contributed by atoms with Gasteiger partial charge in [0.15, 0.2) is 11.5 Å².